The Labute approximate surface area is 379 Å². The van der Waals surface area contributed by atoms with Crippen LogP contribution < -0.4 is 31.9 Å². The van der Waals surface area contributed by atoms with Crippen LogP contribution in [-0.2, 0) is 38.8 Å². The molecule has 2 rings (SSSR count). The maximum absolute atomic E-state index is 14.2. The summed E-state index contributed by atoms with van der Waals surface area (Å²) in [6.45, 7) is 22.4. The fraction of sp³-hybridized carbons (Fsp3) is 0.717. The lowest BCUT2D eigenvalue weighted by Crippen LogP contribution is -2.61. The van der Waals surface area contributed by atoms with Gasteiger partial charge in [-0.3, -0.25) is 14.4 Å². The van der Waals surface area contributed by atoms with Crippen LogP contribution in [0, 0.1) is 0 Å². The highest BCUT2D eigenvalue weighted by molar-refractivity contribution is 5.95. The zero-order valence-electron chi connectivity index (χ0n) is 40.2. The van der Waals surface area contributed by atoms with Crippen LogP contribution in [0.25, 0.3) is 0 Å². The number of urea groups is 1. The first kappa shape index (κ1) is 55.0. The molecule has 0 aliphatic carbocycles. The van der Waals surface area contributed by atoms with Gasteiger partial charge in [-0.15, -0.1) is 0 Å². The van der Waals surface area contributed by atoms with E-state index in [4.69, 9.17) is 14.2 Å². The molecule has 0 spiro atoms. The first-order chi connectivity index (χ1) is 29.6. The molecule has 18 nitrogen and oxygen atoms in total. The third-order valence-corrected chi connectivity index (χ3v) is 10.4. The van der Waals surface area contributed by atoms with Crippen LogP contribution in [0.1, 0.15) is 140 Å². The molecule has 362 valence electrons. The van der Waals surface area contributed by atoms with Gasteiger partial charge in [0.15, 0.2) is 0 Å². The minimum Gasteiger partial charge on any atom is -0.480 e. The highest BCUT2D eigenvalue weighted by Gasteiger charge is 2.37. The van der Waals surface area contributed by atoms with Crippen molar-refractivity contribution in [2.75, 3.05) is 26.2 Å². The van der Waals surface area contributed by atoms with Crippen LogP contribution in [-0.4, -0.2) is 125 Å². The van der Waals surface area contributed by atoms with E-state index < -0.39 is 89.0 Å². The van der Waals surface area contributed by atoms with Gasteiger partial charge in [0.25, 0.3) is 0 Å². The Kier molecular flexibility index (Phi) is 21.3. The second kappa shape index (κ2) is 24.8. The number of hydrogen-bond donors (Lipinski definition) is 7. The van der Waals surface area contributed by atoms with Gasteiger partial charge >= 0.3 is 24.2 Å². The van der Waals surface area contributed by atoms with Crippen LogP contribution >= 0.6 is 0 Å². The number of aliphatic carboxylic acids is 1. The number of carbonyl (C=O) groups excluding carboxylic acids is 6. The summed E-state index contributed by atoms with van der Waals surface area (Å²) < 4.78 is 16.6. The number of nitrogens with one attached hydrogen (secondary N) is 6. The average Bonchev–Trinajstić information content (AvgIpc) is 3.16. The summed E-state index contributed by atoms with van der Waals surface area (Å²) in [6, 6.07) is 4.77. The normalized spacial score (nSPS) is 16.4. The van der Waals surface area contributed by atoms with Crippen LogP contribution in [0.4, 0.5) is 14.4 Å². The Hall–Kier alpha value is -5.13. The molecule has 1 saturated heterocycles. The molecule has 1 fully saturated rings. The van der Waals surface area contributed by atoms with Crippen molar-refractivity contribution in [3.63, 3.8) is 0 Å². The fourth-order valence-electron chi connectivity index (χ4n) is 7.00. The molecule has 1 heterocycles. The smallest absolute Gasteiger partial charge is 0.407 e. The number of ether oxygens (including phenoxy) is 3. The summed E-state index contributed by atoms with van der Waals surface area (Å²) in [5.41, 5.74) is -1.01. The minimum absolute atomic E-state index is 0.0564. The Morgan fingerprint density at radius 1 is 0.656 bits per heavy atom. The number of amides is 7. The standard InChI is InChI=1S/C46H77N7O11/c1-30(36(54)50-34(39(57)58)23-17-19-27-48-42(61)64-45(9,10)11)49-38(56)35(31(2)62-43(3,4)5)52-37(55)33(22-16-18-26-47-41(60)63-44(6,7)8)51-40(59)53-28-24-46(12,25-29-53)32-20-14-13-15-21-32/h13-15,20-21,30-31,33-35H,16-19,22-29H2,1-12H3,(H,47,60)(H,48,61)(H,49,56)(H,50,54)(H,51,59)(H,52,55)(H,57,58). The fourth-order valence-corrected chi connectivity index (χ4v) is 7.00. The number of alkyl carbamates (subject to hydrolysis) is 2. The number of carbonyl (C=O) groups is 7. The van der Waals surface area contributed by atoms with E-state index in [0.29, 0.717) is 51.6 Å². The Morgan fingerprint density at radius 3 is 1.62 bits per heavy atom. The number of hydrogen-bond acceptors (Lipinski definition) is 10. The number of nitrogens with zero attached hydrogens (tertiary/aromatic N) is 1. The first-order valence-electron chi connectivity index (χ1n) is 22.5. The molecule has 7 N–H and O–H groups in total. The number of carboxylic acids is 1. The van der Waals surface area contributed by atoms with E-state index in [1.807, 2.05) is 18.2 Å². The van der Waals surface area contributed by atoms with Crippen LogP contribution in [0.2, 0.25) is 0 Å². The summed E-state index contributed by atoms with van der Waals surface area (Å²) in [6.07, 6.45) is 1.21. The minimum atomic E-state index is -1.34. The van der Waals surface area contributed by atoms with Gasteiger partial charge in [0.2, 0.25) is 17.7 Å². The van der Waals surface area contributed by atoms with Crippen molar-refractivity contribution in [2.45, 2.75) is 187 Å². The van der Waals surface area contributed by atoms with Crippen molar-refractivity contribution in [3.05, 3.63) is 35.9 Å². The predicted octanol–water partition coefficient (Wildman–Crippen LogP) is 5.27. The molecule has 1 aliphatic rings. The summed E-state index contributed by atoms with van der Waals surface area (Å²) in [4.78, 5) is 93.1. The van der Waals surface area contributed by atoms with Gasteiger partial charge in [0.05, 0.1) is 11.7 Å². The average molecular weight is 904 g/mol. The largest absolute Gasteiger partial charge is 0.480 e. The molecule has 1 aliphatic heterocycles. The molecule has 7 amide bonds. The zero-order chi connectivity index (χ0) is 48.5. The lowest BCUT2D eigenvalue weighted by molar-refractivity contribution is -0.143. The Balaban J connectivity index is 2.18. The van der Waals surface area contributed by atoms with E-state index in [0.717, 1.165) is 0 Å². The number of benzene rings is 1. The van der Waals surface area contributed by atoms with Gasteiger partial charge in [-0.2, -0.15) is 0 Å². The monoisotopic (exact) mass is 904 g/mol. The maximum Gasteiger partial charge on any atom is 0.407 e. The van der Waals surface area contributed by atoms with Crippen molar-refractivity contribution in [1.29, 1.82) is 0 Å². The molecule has 5 unspecified atom stereocenters. The number of unbranched alkanes of at least 4 members (excludes halogenated alkanes) is 2. The van der Waals surface area contributed by atoms with E-state index in [2.05, 4.69) is 51.0 Å². The summed E-state index contributed by atoms with van der Waals surface area (Å²) in [5.74, 6) is -3.46. The van der Waals surface area contributed by atoms with Gasteiger partial charge in [0, 0.05) is 26.2 Å². The van der Waals surface area contributed by atoms with E-state index in [1.165, 1.54) is 12.5 Å². The molecule has 0 radical (unpaired) electrons. The first-order valence-corrected chi connectivity index (χ1v) is 22.5. The zero-order valence-corrected chi connectivity index (χ0v) is 40.2. The molecule has 1 aromatic carbocycles. The number of likely N-dealkylation sites (tertiary alicyclic amines) is 1. The number of carboxylic acid groups (broad SMARTS) is 1. The molecule has 5 atom stereocenters. The van der Waals surface area contributed by atoms with Crippen molar-refractivity contribution >= 4 is 41.9 Å². The molecule has 0 bridgehead atoms. The third-order valence-electron chi connectivity index (χ3n) is 10.4. The lowest BCUT2D eigenvalue weighted by Gasteiger charge is -2.40. The van der Waals surface area contributed by atoms with Gasteiger partial charge in [-0.25, -0.2) is 19.2 Å². The number of rotatable bonds is 21. The molecule has 64 heavy (non-hydrogen) atoms. The van der Waals surface area contributed by atoms with Crippen molar-refractivity contribution in [1.82, 2.24) is 36.8 Å². The number of piperidine rings is 1. The van der Waals surface area contributed by atoms with Gasteiger partial charge in [-0.05, 0) is 139 Å². The maximum atomic E-state index is 14.2. The van der Waals surface area contributed by atoms with E-state index in [9.17, 15) is 38.7 Å². The van der Waals surface area contributed by atoms with Gasteiger partial charge in [0.1, 0.15) is 35.4 Å². The third kappa shape index (κ3) is 21.0. The lowest BCUT2D eigenvalue weighted by atomic mass is 9.74. The van der Waals surface area contributed by atoms with Crippen molar-refractivity contribution in [2.24, 2.45) is 0 Å². The van der Waals surface area contributed by atoms with E-state index in [1.54, 1.807) is 74.1 Å². The molecule has 0 saturated carbocycles. The molecular weight excluding hydrogens is 827 g/mol. The molecule has 1 aromatic rings. The Morgan fingerprint density at radius 2 is 1.16 bits per heavy atom. The van der Waals surface area contributed by atoms with Crippen molar-refractivity contribution in [3.8, 4) is 0 Å². The van der Waals surface area contributed by atoms with Crippen LogP contribution in [0.15, 0.2) is 30.3 Å². The molecule has 0 aromatic heterocycles. The SMILES string of the molecule is CC(NC(=O)C(NC(=O)C(CCCCNC(=O)OC(C)(C)C)NC(=O)N1CCC(C)(c2ccccc2)CC1)C(C)OC(C)(C)C)C(=O)NC(CCCCNC(=O)OC(C)(C)C)C(=O)O. The van der Waals surface area contributed by atoms with Crippen LogP contribution in [0.5, 0.6) is 0 Å². The summed E-state index contributed by atoms with van der Waals surface area (Å²) in [5, 5.41) is 25.9. The van der Waals surface area contributed by atoms with Gasteiger partial charge in [-0.1, -0.05) is 37.3 Å². The second-order valence-corrected chi connectivity index (χ2v) is 19.8. The summed E-state index contributed by atoms with van der Waals surface area (Å²) >= 11 is 0. The quantitative estimate of drug-likeness (QED) is 0.0784. The van der Waals surface area contributed by atoms with Gasteiger partial charge < -0.3 is 56.1 Å². The van der Waals surface area contributed by atoms with Crippen molar-refractivity contribution < 1.29 is 52.9 Å². The summed E-state index contributed by atoms with van der Waals surface area (Å²) in [7, 11) is 0. The highest BCUT2D eigenvalue weighted by Crippen LogP contribution is 2.35. The molecule has 18 heteroatoms. The predicted molar refractivity (Wildman–Crippen MR) is 242 cm³/mol. The van der Waals surface area contributed by atoms with Crippen LogP contribution in [0.3, 0.4) is 0 Å². The second-order valence-electron chi connectivity index (χ2n) is 19.8. The van der Waals surface area contributed by atoms with E-state index in [-0.39, 0.29) is 31.3 Å². The topological polar surface area (TPSA) is 243 Å². The van der Waals surface area contributed by atoms with E-state index >= 15 is 0 Å². The molecular formula is C46H77N7O11. The highest BCUT2D eigenvalue weighted by atomic mass is 16.6. The Bertz CT molecular complexity index is 1700.